The highest BCUT2D eigenvalue weighted by Gasteiger charge is 2.25. The van der Waals surface area contributed by atoms with Crippen molar-refractivity contribution in [2.24, 2.45) is 10.7 Å². The molecule has 0 aromatic carbocycles. The van der Waals surface area contributed by atoms with E-state index >= 15 is 0 Å². The lowest BCUT2D eigenvalue weighted by Crippen LogP contribution is -2.24. The molecule has 1 aliphatic carbocycles. The van der Waals surface area contributed by atoms with Gasteiger partial charge in [-0.1, -0.05) is 0 Å². The molecular formula is C14H23N3O2. The Morgan fingerprint density at radius 1 is 1.47 bits per heavy atom. The summed E-state index contributed by atoms with van der Waals surface area (Å²) in [5, 5.41) is 9.03. The lowest BCUT2D eigenvalue weighted by atomic mass is 9.89. The molecule has 1 aliphatic rings. The van der Waals surface area contributed by atoms with Crippen LogP contribution in [-0.4, -0.2) is 48.7 Å². The Bertz CT molecular complexity index is 434. The molecule has 5 heteroatoms. The Labute approximate surface area is 114 Å². The maximum Gasteiger partial charge on any atom is 0.195 e. The van der Waals surface area contributed by atoms with Crippen LogP contribution in [-0.2, 0) is 4.79 Å². The first-order chi connectivity index (χ1) is 8.97. The number of Topliss-reactive ketones (excluding diaryl/α,β-unsaturated/α-hetero) is 1. The minimum absolute atomic E-state index is 0.194. The van der Waals surface area contributed by atoms with Crippen LogP contribution in [0.25, 0.3) is 0 Å². The van der Waals surface area contributed by atoms with E-state index in [1.807, 2.05) is 14.1 Å². The number of nitrogens with zero attached hydrogens (tertiary/aromatic N) is 2. The van der Waals surface area contributed by atoms with Gasteiger partial charge in [-0.15, -0.1) is 0 Å². The van der Waals surface area contributed by atoms with Crippen LogP contribution in [0.1, 0.15) is 26.2 Å². The lowest BCUT2D eigenvalue weighted by molar-refractivity contribution is -0.112. The second-order valence-electron chi connectivity index (χ2n) is 5.01. The molecule has 0 fully saturated rings. The maximum absolute atomic E-state index is 12.1. The monoisotopic (exact) mass is 265 g/mol. The molecule has 0 aromatic rings. The second kappa shape index (κ2) is 7.09. The maximum atomic E-state index is 12.1. The molecule has 0 saturated carbocycles. The highest BCUT2D eigenvalue weighted by Crippen LogP contribution is 2.24. The lowest BCUT2D eigenvalue weighted by Gasteiger charge is -2.18. The normalized spacial score (nSPS) is 19.7. The number of ketones is 1. The van der Waals surface area contributed by atoms with Crippen LogP contribution in [0.3, 0.4) is 0 Å². The number of carbonyl (C=O) groups is 1. The number of rotatable bonds is 5. The van der Waals surface area contributed by atoms with Crippen LogP contribution in [0, 0.1) is 0 Å². The summed E-state index contributed by atoms with van der Waals surface area (Å²) in [4.78, 5) is 18.6. The van der Waals surface area contributed by atoms with Gasteiger partial charge < -0.3 is 15.7 Å². The summed E-state index contributed by atoms with van der Waals surface area (Å²) in [5.41, 5.74) is 8.02. The third kappa shape index (κ3) is 4.21. The molecule has 0 radical (unpaired) electrons. The number of hydrogen-bond donors (Lipinski definition) is 2. The molecule has 0 atom stereocenters. The minimum atomic E-state index is -0.194. The summed E-state index contributed by atoms with van der Waals surface area (Å²) in [6.45, 7) is 3.43. The Morgan fingerprint density at radius 2 is 2.16 bits per heavy atom. The molecule has 3 N–H and O–H groups in total. The van der Waals surface area contributed by atoms with Gasteiger partial charge in [0, 0.05) is 23.5 Å². The number of aliphatic hydroxyl groups is 1. The zero-order chi connectivity index (χ0) is 14.4. The first-order valence-electron chi connectivity index (χ1n) is 6.50. The van der Waals surface area contributed by atoms with E-state index < -0.39 is 0 Å². The molecule has 106 valence electrons. The van der Waals surface area contributed by atoms with Gasteiger partial charge in [0.25, 0.3) is 0 Å². The SMILES string of the molecule is CC(=NCCCN(C)C)C1=C(N)CC/C(=C/O)C1=O. The summed E-state index contributed by atoms with van der Waals surface area (Å²) in [6, 6.07) is 0. The Balaban J connectivity index is 2.76. The summed E-state index contributed by atoms with van der Waals surface area (Å²) < 4.78 is 0. The third-order valence-corrected chi connectivity index (χ3v) is 3.13. The first kappa shape index (κ1) is 15.4. The van der Waals surface area contributed by atoms with Crippen LogP contribution in [0.5, 0.6) is 0 Å². The smallest absolute Gasteiger partial charge is 0.195 e. The van der Waals surface area contributed by atoms with Gasteiger partial charge in [-0.05, 0) is 46.8 Å². The fourth-order valence-corrected chi connectivity index (χ4v) is 2.05. The molecular weight excluding hydrogens is 242 g/mol. The van der Waals surface area contributed by atoms with Crippen molar-refractivity contribution in [3.05, 3.63) is 23.1 Å². The quantitative estimate of drug-likeness (QED) is 0.341. The van der Waals surface area contributed by atoms with Gasteiger partial charge in [0.1, 0.15) is 0 Å². The zero-order valence-corrected chi connectivity index (χ0v) is 11.9. The highest BCUT2D eigenvalue weighted by molar-refractivity contribution is 6.28. The molecule has 0 saturated heterocycles. The van der Waals surface area contributed by atoms with Crippen molar-refractivity contribution in [1.82, 2.24) is 4.90 Å². The first-order valence-corrected chi connectivity index (χ1v) is 6.50. The summed E-state index contributed by atoms with van der Waals surface area (Å²) in [5.74, 6) is -0.194. The van der Waals surface area contributed by atoms with Crippen molar-refractivity contribution in [2.75, 3.05) is 27.2 Å². The van der Waals surface area contributed by atoms with Crippen LogP contribution >= 0.6 is 0 Å². The number of aliphatic imine (C=N–C) groups is 1. The van der Waals surface area contributed by atoms with Gasteiger partial charge in [0.2, 0.25) is 0 Å². The largest absolute Gasteiger partial charge is 0.515 e. The fourth-order valence-electron chi connectivity index (χ4n) is 2.05. The van der Waals surface area contributed by atoms with Crippen molar-refractivity contribution >= 4 is 11.5 Å². The molecule has 0 spiro atoms. The predicted molar refractivity (Wildman–Crippen MR) is 77.3 cm³/mol. The topological polar surface area (TPSA) is 78.9 Å². The number of carbonyl (C=O) groups excluding carboxylic acids is 1. The van der Waals surface area contributed by atoms with E-state index in [2.05, 4.69) is 9.89 Å². The van der Waals surface area contributed by atoms with Crippen molar-refractivity contribution in [2.45, 2.75) is 26.2 Å². The van der Waals surface area contributed by atoms with Crippen molar-refractivity contribution < 1.29 is 9.90 Å². The zero-order valence-electron chi connectivity index (χ0n) is 11.9. The number of aliphatic hydroxyl groups excluding tert-OH is 1. The molecule has 0 heterocycles. The van der Waals surface area contributed by atoms with Gasteiger partial charge in [0.05, 0.1) is 11.8 Å². The standard InChI is InChI=1S/C14H23N3O2/c1-10(16-7-4-8-17(2)3)13-12(15)6-5-11(9-18)14(13)19/h9,18H,4-8,15H2,1-3H3/b11-9-,16-10?. The Kier molecular flexibility index (Phi) is 5.76. The van der Waals surface area contributed by atoms with Crippen molar-refractivity contribution in [3.8, 4) is 0 Å². The van der Waals surface area contributed by atoms with E-state index in [1.54, 1.807) is 6.92 Å². The molecule has 0 unspecified atom stereocenters. The summed E-state index contributed by atoms with van der Waals surface area (Å²) >= 11 is 0. The van der Waals surface area contributed by atoms with Crippen molar-refractivity contribution in [3.63, 3.8) is 0 Å². The summed E-state index contributed by atoms with van der Waals surface area (Å²) in [6.07, 6.45) is 2.92. The molecule has 19 heavy (non-hydrogen) atoms. The van der Waals surface area contributed by atoms with Gasteiger partial charge in [-0.3, -0.25) is 9.79 Å². The number of hydrogen-bond acceptors (Lipinski definition) is 5. The van der Waals surface area contributed by atoms with Crippen LogP contribution < -0.4 is 5.73 Å². The molecule has 0 amide bonds. The average Bonchev–Trinajstić information content (AvgIpc) is 2.35. The van der Waals surface area contributed by atoms with Gasteiger partial charge >= 0.3 is 0 Å². The molecule has 1 rings (SSSR count). The van der Waals surface area contributed by atoms with Gasteiger partial charge in [-0.25, -0.2) is 0 Å². The van der Waals surface area contributed by atoms with E-state index in [-0.39, 0.29) is 5.78 Å². The molecule has 0 aliphatic heterocycles. The van der Waals surface area contributed by atoms with Crippen LogP contribution in [0.15, 0.2) is 28.1 Å². The average molecular weight is 265 g/mol. The molecule has 0 bridgehead atoms. The van der Waals surface area contributed by atoms with Crippen LogP contribution in [0.4, 0.5) is 0 Å². The predicted octanol–water partition coefficient (Wildman–Crippen LogP) is 1.42. The number of nitrogens with two attached hydrogens (primary N) is 1. The third-order valence-electron chi connectivity index (χ3n) is 3.13. The molecule has 5 nitrogen and oxygen atoms in total. The number of allylic oxidation sites excluding steroid dienone is 3. The van der Waals surface area contributed by atoms with Gasteiger partial charge in [-0.2, -0.15) is 0 Å². The highest BCUT2D eigenvalue weighted by atomic mass is 16.2. The van der Waals surface area contributed by atoms with Gasteiger partial charge in [0.15, 0.2) is 5.78 Å². The Hall–Kier alpha value is -1.62. The van der Waals surface area contributed by atoms with Crippen LogP contribution in [0.2, 0.25) is 0 Å². The van der Waals surface area contributed by atoms with E-state index in [4.69, 9.17) is 10.8 Å². The van der Waals surface area contributed by atoms with E-state index in [0.717, 1.165) is 19.2 Å². The van der Waals surface area contributed by atoms with E-state index in [0.29, 0.717) is 41.9 Å². The Morgan fingerprint density at radius 3 is 2.74 bits per heavy atom. The second-order valence-corrected chi connectivity index (χ2v) is 5.01. The fraction of sp³-hybridized carbons (Fsp3) is 0.571. The minimum Gasteiger partial charge on any atom is -0.515 e. The summed E-state index contributed by atoms with van der Waals surface area (Å²) in [7, 11) is 4.03. The van der Waals surface area contributed by atoms with E-state index in [9.17, 15) is 4.79 Å². The van der Waals surface area contributed by atoms with Crippen molar-refractivity contribution in [1.29, 1.82) is 0 Å². The van der Waals surface area contributed by atoms with E-state index in [1.165, 1.54) is 0 Å². The molecule has 0 aromatic heterocycles.